The maximum atomic E-state index is 13.2. The van der Waals surface area contributed by atoms with Gasteiger partial charge in [-0.25, -0.2) is 4.79 Å². The van der Waals surface area contributed by atoms with Gasteiger partial charge in [-0.05, 0) is 36.6 Å². The van der Waals surface area contributed by atoms with E-state index in [0.717, 1.165) is 29.7 Å². The summed E-state index contributed by atoms with van der Waals surface area (Å²) in [5.41, 5.74) is 1.11. The first kappa shape index (κ1) is 18.7. The molecule has 0 radical (unpaired) electrons. The Hall–Kier alpha value is -1.64. The Bertz CT molecular complexity index is 740. The Kier molecular flexibility index (Phi) is 4.90. The molecular weight excluding hydrogens is 410 g/mol. The van der Waals surface area contributed by atoms with E-state index in [4.69, 9.17) is 0 Å². The third-order valence-corrected chi connectivity index (χ3v) is 6.10. The van der Waals surface area contributed by atoms with Crippen molar-refractivity contribution in [3.05, 3.63) is 28.7 Å². The Morgan fingerprint density at radius 1 is 1.19 bits per heavy atom. The molecule has 0 aromatic heterocycles. The van der Waals surface area contributed by atoms with E-state index in [1.807, 2.05) is 26.0 Å². The smallest absolute Gasteiger partial charge is 0.327 e. The van der Waals surface area contributed by atoms with Gasteiger partial charge in [-0.15, -0.1) is 0 Å². The number of anilines is 1. The lowest BCUT2D eigenvalue weighted by molar-refractivity contribution is -0.139. The number of imide groups is 1. The largest absolute Gasteiger partial charge is 0.343 e. The summed E-state index contributed by atoms with van der Waals surface area (Å²) < 4.78 is 1.04. The van der Waals surface area contributed by atoms with E-state index >= 15 is 0 Å². The van der Waals surface area contributed by atoms with Gasteiger partial charge in [0.2, 0.25) is 0 Å². The lowest BCUT2D eigenvalue weighted by Crippen LogP contribution is -2.66. The van der Waals surface area contributed by atoms with Crippen LogP contribution in [0.4, 0.5) is 10.5 Å². The summed E-state index contributed by atoms with van der Waals surface area (Å²) in [5, 5.41) is 3.54. The minimum atomic E-state index is -0.338. The number of rotatable bonds is 3. The number of hydrogen-bond donors (Lipinski definition) is 1. The first-order valence-corrected chi connectivity index (χ1v) is 10.3. The second-order valence-electron chi connectivity index (χ2n) is 7.93. The second-order valence-corrected chi connectivity index (χ2v) is 8.84. The topological polar surface area (TPSA) is 59.1 Å². The van der Waals surface area contributed by atoms with Crippen LogP contribution in [0.3, 0.4) is 0 Å². The molecule has 3 saturated heterocycles. The van der Waals surface area contributed by atoms with E-state index in [1.54, 1.807) is 11.9 Å². The van der Waals surface area contributed by atoms with Crippen molar-refractivity contribution < 1.29 is 9.59 Å². The monoisotopic (exact) mass is 435 g/mol. The first-order valence-electron chi connectivity index (χ1n) is 9.50. The fourth-order valence-corrected chi connectivity index (χ4v) is 4.61. The molecule has 4 rings (SSSR count). The number of urea groups is 1. The molecule has 1 aromatic carbocycles. The predicted octanol–water partition coefficient (Wildman–Crippen LogP) is 2.09. The highest BCUT2D eigenvalue weighted by atomic mass is 79.9. The van der Waals surface area contributed by atoms with Crippen molar-refractivity contribution in [3.8, 4) is 0 Å². The number of nitrogens with zero attached hydrogens (tertiary/aromatic N) is 4. The van der Waals surface area contributed by atoms with E-state index < -0.39 is 0 Å². The predicted molar refractivity (Wildman–Crippen MR) is 107 cm³/mol. The molecule has 3 unspecified atom stereocenters. The number of carbonyl (C=O) groups is 2. The van der Waals surface area contributed by atoms with Crippen LogP contribution < -0.4 is 10.2 Å². The SMILES string of the molecule is CC(C)CN1C(=O)C2C(NC3N(c4ccc(Br)cc4)CCCN23)N(C)C1=O. The van der Waals surface area contributed by atoms with E-state index in [-0.39, 0.29) is 36.4 Å². The molecule has 1 aromatic rings. The van der Waals surface area contributed by atoms with Gasteiger partial charge in [0.1, 0.15) is 18.5 Å². The van der Waals surface area contributed by atoms with Crippen LogP contribution in [0.2, 0.25) is 0 Å². The molecule has 3 aliphatic heterocycles. The molecule has 3 atom stereocenters. The zero-order valence-corrected chi connectivity index (χ0v) is 17.5. The lowest BCUT2D eigenvalue weighted by atomic mass is 10.1. The van der Waals surface area contributed by atoms with E-state index in [1.165, 1.54) is 4.90 Å². The van der Waals surface area contributed by atoms with Crippen molar-refractivity contribution in [1.82, 2.24) is 20.0 Å². The molecule has 3 heterocycles. The maximum Gasteiger partial charge on any atom is 0.327 e. The first-order chi connectivity index (χ1) is 12.9. The van der Waals surface area contributed by atoms with Crippen molar-refractivity contribution in [2.75, 3.05) is 31.6 Å². The van der Waals surface area contributed by atoms with Crippen LogP contribution >= 0.6 is 15.9 Å². The highest BCUT2D eigenvalue weighted by Gasteiger charge is 2.56. The van der Waals surface area contributed by atoms with E-state index in [0.29, 0.717) is 6.54 Å². The molecule has 0 aliphatic carbocycles. The van der Waals surface area contributed by atoms with Crippen LogP contribution in [0, 0.1) is 5.92 Å². The van der Waals surface area contributed by atoms with Gasteiger partial charge >= 0.3 is 6.03 Å². The molecule has 27 heavy (non-hydrogen) atoms. The standard InChI is InChI=1S/C19H26BrN5O2/c1-12(2)11-25-17(26)15-16(22(3)19(25)27)21-18-23(9-4-10-24(15)18)14-7-5-13(20)6-8-14/h5-8,12,15-16,18,21H,4,9-11H2,1-3H3. The van der Waals surface area contributed by atoms with Crippen molar-refractivity contribution >= 4 is 33.6 Å². The van der Waals surface area contributed by atoms with Gasteiger partial charge in [-0.3, -0.25) is 19.9 Å². The Labute approximate surface area is 168 Å². The number of fused-ring (bicyclic) bond motifs is 3. The Morgan fingerprint density at radius 3 is 2.56 bits per heavy atom. The molecule has 3 aliphatic rings. The number of amides is 3. The van der Waals surface area contributed by atoms with Gasteiger partial charge in [-0.2, -0.15) is 0 Å². The molecule has 146 valence electrons. The summed E-state index contributed by atoms with van der Waals surface area (Å²) in [6.07, 6.45) is 0.592. The highest BCUT2D eigenvalue weighted by molar-refractivity contribution is 9.10. The number of benzene rings is 1. The number of hydrogen-bond acceptors (Lipinski definition) is 5. The molecule has 3 fully saturated rings. The molecule has 3 amide bonds. The minimum absolute atomic E-state index is 0.0792. The summed E-state index contributed by atoms with van der Waals surface area (Å²) in [4.78, 5) is 33.6. The summed E-state index contributed by atoms with van der Waals surface area (Å²) in [6, 6.07) is 7.67. The van der Waals surface area contributed by atoms with Crippen molar-refractivity contribution in [2.24, 2.45) is 5.92 Å². The fraction of sp³-hybridized carbons (Fsp3) is 0.579. The third-order valence-electron chi connectivity index (χ3n) is 5.58. The van der Waals surface area contributed by atoms with Gasteiger partial charge in [0.05, 0.1) is 0 Å². The average Bonchev–Trinajstić information content (AvgIpc) is 3.04. The zero-order chi connectivity index (χ0) is 19.3. The van der Waals surface area contributed by atoms with Gasteiger partial charge < -0.3 is 9.80 Å². The fourth-order valence-electron chi connectivity index (χ4n) is 4.35. The van der Waals surface area contributed by atoms with Crippen molar-refractivity contribution in [3.63, 3.8) is 0 Å². The van der Waals surface area contributed by atoms with Gasteiger partial charge in [-0.1, -0.05) is 29.8 Å². The molecule has 1 N–H and O–H groups in total. The van der Waals surface area contributed by atoms with Crippen LogP contribution in [0.5, 0.6) is 0 Å². The Morgan fingerprint density at radius 2 is 1.89 bits per heavy atom. The Balaban J connectivity index is 1.64. The maximum absolute atomic E-state index is 13.2. The van der Waals surface area contributed by atoms with Crippen LogP contribution in [0.25, 0.3) is 0 Å². The normalized spacial score (nSPS) is 28.8. The molecule has 0 saturated carbocycles. The molecular formula is C19H26BrN5O2. The van der Waals surface area contributed by atoms with Crippen molar-refractivity contribution in [1.29, 1.82) is 0 Å². The third kappa shape index (κ3) is 3.13. The number of carbonyl (C=O) groups excluding carboxylic acids is 2. The van der Waals surface area contributed by atoms with Crippen LogP contribution in [-0.2, 0) is 4.79 Å². The summed E-state index contributed by atoms with van der Waals surface area (Å²) in [5.74, 6) is 0.165. The quantitative estimate of drug-likeness (QED) is 0.787. The number of likely N-dealkylation sites (N-methyl/N-ethyl adjacent to an activating group) is 1. The molecule has 8 heteroatoms. The number of halogens is 1. The van der Waals surface area contributed by atoms with Crippen LogP contribution in [0.15, 0.2) is 28.7 Å². The average molecular weight is 436 g/mol. The molecule has 0 spiro atoms. The summed E-state index contributed by atoms with van der Waals surface area (Å²) in [7, 11) is 1.79. The zero-order valence-electron chi connectivity index (χ0n) is 15.9. The number of nitrogens with one attached hydrogen (secondary N) is 1. The van der Waals surface area contributed by atoms with Crippen LogP contribution in [-0.4, -0.2) is 71.8 Å². The summed E-state index contributed by atoms with van der Waals surface area (Å²) in [6.45, 7) is 6.27. The van der Waals surface area contributed by atoms with Gasteiger partial charge in [0.25, 0.3) is 5.91 Å². The lowest BCUT2D eigenvalue weighted by Gasteiger charge is -2.44. The summed E-state index contributed by atoms with van der Waals surface area (Å²) >= 11 is 3.49. The van der Waals surface area contributed by atoms with Gasteiger partial charge in [0.15, 0.2) is 0 Å². The van der Waals surface area contributed by atoms with Crippen molar-refractivity contribution in [2.45, 2.75) is 38.8 Å². The second kappa shape index (κ2) is 7.07. The highest BCUT2D eigenvalue weighted by Crippen LogP contribution is 2.33. The van der Waals surface area contributed by atoms with Gasteiger partial charge in [0, 0.05) is 36.8 Å². The van der Waals surface area contributed by atoms with Crippen LogP contribution in [0.1, 0.15) is 20.3 Å². The molecule has 7 nitrogen and oxygen atoms in total. The minimum Gasteiger partial charge on any atom is -0.343 e. The van der Waals surface area contributed by atoms with E-state index in [9.17, 15) is 9.59 Å². The molecule has 0 bridgehead atoms. The van der Waals surface area contributed by atoms with E-state index in [2.05, 4.69) is 43.2 Å².